The average molecular weight is 286 g/mol. The normalized spacial score (nSPS) is 11.5. The van der Waals surface area contributed by atoms with Gasteiger partial charge in [-0.25, -0.2) is 17.9 Å². The number of nitrogens with zero attached hydrogens (tertiary/aromatic N) is 3. The third-order valence-electron chi connectivity index (χ3n) is 2.37. The lowest BCUT2D eigenvalue weighted by Crippen LogP contribution is -2.14. The van der Waals surface area contributed by atoms with Gasteiger partial charge >= 0.3 is 0 Å². The van der Waals surface area contributed by atoms with E-state index in [1.165, 1.54) is 12.4 Å². The van der Waals surface area contributed by atoms with Crippen molar-refractivity contribution in [3.8, 4) is 5.75 Å². The Bertz CT molecular complexity index is 699. The zero-order chi connectivity index (χ0) is 14.0. The molecule has 0 saturated heterocycles. The molecular weight excluding hydrogens is 275 g/mol. The molecule has 7 nitrogen and oxygen atoms in total. The molecule has 0 aliphatic heterocycles. The van der Waals surface area contributed by atoms with Gasteiger partial charge in [0.2, 0.25) is 10.0 Å². The Morgan fingerprint density at radius 2 is 2.21 bits per heavy atom. The zero-order valence-corrected chi connectivity index (χ0v) is 10.8. The van der Waals surface area contributed by atoms with E-state index in [9.17, 15) is 12.8 Å². The van der Waals surface area contributed by atoms with E-state index in [2.05, 4.69) is 10.2 Å². The van der Waals surface area contributed by atoms with E-state index in [1.54, 1.807) is 11.6 Å². The molecule has 0 fully saturated rings. The maximum absolute atomic E-state index is 13.1. The van der Waals surface area contributed by atoms with Crippen LogP contribution in [0.2, 0.25) is 0 Å². The highest BCUT2D eigenvalue weighted by atomic mass is 32.2. The van der Waals surface area contributed by atoms with E-state index in [1.807, 2.05) is 0 Å². The van der Waals surface area contributed by atoms with Crippen LogP contribution in [0.25, 0.3) is 0 Å². The van der Waals surface area contributed by atoms with E-state index in [-0.39, 0.29) is 12.4 Å². The van der Waals surface area contributed by atoms with Crippen LogP contribution in [0.1, 0.15) is 5.82 Å². The number of benzene rings is 1. The summed E-state index contributed by atoms with van der Waals surface area (Å²) in [6.07, 6.45) is 1.48. The predicted octanol–water partition coefficient (Wildman–Crippen LogP) is 0.181. The van der Waals surface area contributed by atoms with Crippen LogP contribution < -0.4 is 9.88 Å². The van der Waals surface area contributed by atoms with Crippen molar-refractivity contribution in [2.24, 2.45) is 12.2 Å². The molecule has 0 bridgehead atoms. The Balaban J connectivity index is 2.28. The first kappa shape index (κ1) is 13.4. The van der Waals surface area contributed by atoms with Crippen molar-refractivity contribution in [2.75, 3.05) is 0 Å². The van der Waals surface area contributed by atoms with Gasteiger partial charge in [-0.2, -0.15) is 0 Å². The fraction of sp³-hybridized carbons (Fsp3) is 0.200. The Morgan fingerprint density at radius 1 is 1.47 bits per heavy atom. The van der Waals surface area contributed by atoms with Gasteiger partial charge in [-0.3, -0.25) is 0 Å². The van der Waals surface area contributed by atoms with E-state index in [0.717, 1.165) is 12.1 Å². The zero-order valence-electron chi connectivity index (χ0n) is 9.95. The maximum atomic E-state index is 13.1. The summed E-state index contributed by atoms with van der Waals surface area (Å²) >= 11 is 0. The largest absolute Gasteiger partial charge is 0.484 e. The maximum Gasteiger partial charge on any atom is 0.241 e. The highest BCUT2D eigenvalue weighted by molar-refractivity contribution is 7.89. The van der Waals surface area contributed by atoms with Gasteiger partial charge in [0.25, 0.3) is 0 Å². The van der Waals surface area contributed by atoms with E-state index >= 15 is 0 Å². The average Bonchev–Trinajstić information content (AvgIpc) is 2.72. The van der Waals surface area contributed by atoms with Crippen LogP contribution in [-0.2, 0) is 23.7 Å². The minimum atomic E-state index is -4.06. The second-order valence-corrected chi connectivity index (χ2v) is 5.31. The number of ether oxygens (including phenoxy) is 1. The lowest BCUT2D eigenvalue weighted by molar-refractivity contribution is 0.283. The van der Waals surface area contributed by atoms with Gasteiger partial charge in [0, 0.05) is 7.05 Å². The van der Waals surface area contributed by atoms with Gasteiger partial charge in [-0.1, -0.05) is 0 Å². The number of aromatic nitrogens is 3. The number of rotatable bonds is 4. The van der Waals surface area contributed by atoms with Gasteiger partial charge in [0.05, 0.1) is 0 Å². The third-order valence-corrected chi connectivity index (χ3v) is 3.31. The number of hydrogen-bond acceptors (Lipinski definition) is 5. The standard InChI is InChI=1S/C10H11FN4O3S/c1-15-6-13-14-10(15)5-18-8-3-2-7(11)4-9(8)19(12,16)17/h2-4,6H,5H2,1H3,(H2,12,16,17). The molecule has 2 aromatic rings. The summed E-state index contributed by atoms with van der Waals surface area (Å²) < 4.78 is 42.6. The minimum Gasteiger partial charge on any atom is -0.484 e. The molecule has 2 rings (SSSR count). The molecule has 0 spiro atoms. The molecule has 1 aromatic carbocycles. The molecule has 0 radical (unpaired) electrons. The Labute approximate surface area is 108 Å². The van der Waals surface area contributed by atoms with Crippen molar-refractivity contribution in [2.45, 2.75) is 11.5 Å². The highest BCUT2D eigenvalue weighted by Gasteiger charge is 2.17. The van der Waals surface area contributed by atoms with Crippen molar-refractivity contribution in [1.82, 2.24) is 14.8 Å². The topological polar surface area (TPSA) is 100 Å². The molecule has 0 amide bonds. The number of aryl methyl sites for hydroxylation is 1. The van der Waals surface area contributed by atoms with Crippen LogP contribution in [0.3, 0.4) is 0 Å². The van der Waals surface area contributed by atoms with Crippen LogP contribution >= 0.6 is 0 Å². The summed E-state index contributed by atoms with van der Waals surface area (Å²) in [4.78, 5) is -0.408. The Kier molecular flexibility index (Phi) is 3.49. The van der Waals surface area contributed by atoms with Crippen molar-refractivity contribution < 1.29 is 17.5 Å². The van der Waals surface area contributed by atoms with Crippen LogP contribution in [0.15, 0.2) is 29.4 Å². The summed E-state index contributed by atoms with van der Waals surface area (Å²) in [6.45, 7) is -0.00927. The summed E-state index contributed by atoms with van der Waals surface area (Å²) in [5.41, 5.74) is 0. The number of hydrogen-bond donors (Lipinski definition) is 1. The van der Waals surface area contributed by atoms with E-state index in [0.29, 0.717) is 5.82 Å². The van der Waals surface area contributed by atoms with Crippen molar-refractivity contribution in [3.05, 3.63) is 36.2 Å². The van der Waals surface area contributed by atoms with Gasteiger partial charge in [-0.15, -0.1) is 10.2 Å². The molecule has 0 aliphatic carbocycles. The fourth-order valence-corrected chi connectivity index (χ4v) is 2.09. The van der Waals surface area contributed by atoms with Crippen molar-refractivity contribution >= 4 is 10.0 Å². The molecule has 0 atom stereocenters. The van der Waals surface area contributed by atoms with Crippen LogP contribution in [0.5, 0.6) is 5.75 Å². The molecule has 19 heavy (non-hydrogen) atoms. The SMILES string of the molecule is Cn1cnnc1COc1ccc(F)cc1S(N)(=O)=O. The minimum absolute atomic E-state index is 0.00927. The smallest absolute Gasteiger partial charge is 0.241 e. The number of sulfonamides is 1. The van der Waals surface area contributed by atoms with Crippen LogP contribution in [0.4, 0.5) is 4.39 Å². The second-order valence-electron chi connectivity index (χ2n) is 3.78. The number of nitrogens with two attached hydrogens (primary N) is 1. The predicted molar refractivity (Wildman–Crippen MR) is 63.1 cm³/mol. The lowest BCUT2D eigenvalue weighted by Gasteiger charge is -2.09. The molecule has 0 unspecified atom stereocenters. The molecule has 1 aromatic heterocycles. The molecular formula is C10H11FN4O3S. The number of primary sulfonamides is 1. The first-order valence-corrected chi connectivity index (χ1v) is 6.70. The van der Waals surface area contributed by atoms with Crippen molar-refractivity contribution in [1.29, 1.82) is 0 Å². The lowest BCUT2D eigenvalue weighted by atomic mass is 10.3. The van der Waals surface area contributed by atoms with Crippen LogP contribution in [-0.4, -0.2) is 23.2 Å². The molecule has 2 N–H and O–H groups in total. The summed E-state index contributed by atoms with van der Waals surface area (Å²) in [7, 11) is -2.35. The van der Waals surface area contributed by atoms with E-state index in [4.69, 9.17) is 9.88 Å². The van der Waals surface area contributed by atoms with Gasteiger partial charge in [-0.05, 0) is 18.2 Å². The molecule has 1 heterocycles. The Morgan fingerprint density at radius 3 is 2.79 bits per heavy atom. The van der Waals surface area contributed by atoms with Crippen LogP contribution in [0, 0.1) is 5.82 Å². The summed E-state index contributed by atoms with van der Waals surface area (Å²) in [5, 5.41) is 12.4. The second kappa shape index (κ2) is 4.94. The van der Waals surface area contributed by atoms with Crippen molar-refractivity contribution in [3.63, 3.8) is 0 Å². The molecule has 0 aliphatic rings. The molecule has 102 valence electrons. The highest BCUT2D eigenvalue weighted by Crippen LogP contribution is 2.24. The molecule has 9 heteroatoms. The quantitative estimate of drug-likeness (QED) is 0.864. The number of halogens is 1. The first-order chi connectivity index (χ1) is 8.88. The summed E-state index contributed by atoms with van der Waals surface area (Å²) in [5.74, 6) is -0.258. The van der Waals surface area contributed by atoms with Gasteiger partial charge in [0.15, 0.2) is 5.82 Å². The summed E-state index contributed by atoms with van der Waals surface area (Å²) in [6, 6.07) is 3.09. The van der Waals surface area contributed by atoms with Gasteiger partial charge < -0.3 is 9.30 Å². The monoisotopic (exact) mass is 286 g/mol. The Hall–Kier alpha value is -2.00. The molecule has 0 saturated carbocycles. The van der Waals surface area contributed by atoms with Gasteiger partial charge in [0.1, 0.15) is 29.4 Å². The van der Waals surface area contributed by atoms with E-state index < -0.39 is 20.7 Å². The fourth-order valence-electron chi connectivity index (χ4n) is 1.40. The first-order valence-electron chi connectivity index (χ1n) is 5.16. The third kappa shape index (κ3) is 3.06.